The smallest absolute Gasteiger partial charge is 0.338 e. The molecule has 17 nitrogen and oxygen atoms in total. The lowest BCUT2D eigenvalue weighted by Gasteiger charge is -2.68. The maximum Gasteiger partial charge on any atom is 0.338 e. The van der Waals surface area contributed by atoms with Crippen LogP contribution in [-0.4, -0.2) is 140 Å². The molecule has 0 amide bonds. The quantitative estimate of drug-likeness (QED) is 0.101. The number of benzene rings is 2. The number of aliphatic hydroxyl groups excluding tert-OH is 5. The van der Waals surface area contributed by atoms with Crippen LogP contribution in [0.1, 0.15) is 69.4 Å². The highest BCUT2D eigenvalue weighted by molar-refractivity contribution is 5.94. The van der Waals surface area contributed by atoms with Crippen LogP contribution in [-0.2, 0) is 42.8 Å². The molecule has 7 rings (SSSR count). The van der Waals surface area contributed by atoms with E-state index in [1.807, 2.05) is 0 Å². The fraction of sp³-hybridized carbons (Fsp3) is 0.581. The molecule has 5 aliphatic rings. The topological polar surface area (TPSA) is 271 Å². The first kappa shape index (κ1) is 43.9. The maximum atomic E-state index is 15.5. The summed E-state index contributed by atoms with van der Waals surface area (Å²) in [5, 5.41) is 68.9. The Hall–Kier alpha value is -4.14. The van der Waals surface area contributed by atoms with Gasteiger partial charge in [-0.2, -0.15) is 0 Å². The number of fused-ring (bicyclic) bond motifs is 5. The van der Waals surface area contributed by atoms with Gasteiger partial charge in [-0.25, -0.2) is 9.59 Å². The summed E-state index contributed by atoms with van der Waals surface area (Å²) in [7, 11) is 0. The number of ether oxygens (including phenoxy) is 6. The van der Waals surface area contributed by atoms with Gasteiger partial charge in [0.25, 0.3) is 0 Å². The van der Waals surface area contributed by atoms with Crippen molar-refractivity contribution in [1.29, 1.82) is 0 Å². The Bertz CT molecular complexity index is 2010. The standard InChI is InChI=1S/C43H53NO16/c1-20-25(57-38(53)32(49)29(44)22-12-8-6-9-13-22)17-43(54)36(59-37(52)23-14-10-7-11-15-23)34-41(5,35(51)31(48)28(20)40(43,3)4)26(16-27-42(34,19-56-27)60-21(2)45)58-39-33(50)30(47)24(46)18-55-39/h6-15,24-27,29-34,36,39,46-50,54H,16-19,44H2,1-5H3/t24-,25+,26+,27-,29+,30+,31-,32-,33+,34+,36+,39-,41-,42+,43-/m1/s1. The number of esters is 3. The Morgan fingerprint density at radius 1 is 0.917 bits per heavy atom. The van der Waals surface area contributed by atoms with E-state index in [4.69, 9.17) is 34.2 Å². The predicted octanol–water partition coefficient (Wildman–Crippen LogP) is 0.157. The second kappa shape index (κ2) is 16.0. The van der Waals surface area contributed by atoms with Crippen molar-refractivity contribution in [3.63, 3.8) is 0 Å². The van der Waals surface area contributed by atoms with Crippen LogP contribution in [0.4, 0.5) is 0 Å². The number of ketones is 1. The third-order valence-corrected chi connectivity index (χ3v) is 13.7. The highest BCUT2D eigenvalue weighted by Gasteiger charge is 2.78. The van der Waals surface area contributed by atoms with Crippen LogP contribution in [0, 0.1) is 16.7 Å². The molecular weight excluding hydrogens is 786 g/mol. The van der Waals surface area contributed by atoms with Gasteiger partial charge in [-0.3, -0.25) is 9.59 Å². The lowest BCUT2D eigenvalue weighted by atomic mass is 9.44. The van der Waals surface area contributed by atoms with Crippen molar-refractivity contribution in [2.75, 3.05) is 13.2 Å². The lowest BCUT2D eigenvalue weighted by Crippen LogP contribution is -2.82. The largest absolute Gasteiger partial charge is 0.456 e. The van der Waals surface area contributed by atoms with Gasteiger partial charge in [-0.1, -0.05) is 62.4 Å². The Morgan fingerprint density at radius 3 is 2.15 bits per heavy atom. The summed E-state index contributed by atoms with van der Waals surface area (Å²) in [5.74, 6) is -5.48. The first-order valence-electron chi connectivity index (χ1n) is 19.9. The average molecular weight is 840 g/mol. The fourth-order valence-corrected chi connectivity index (χ4v) is 10.2. The van der Waals surface area contributed by atoms with Crippen LogP contribution in [0.5, 0.6) is 0 Å². The van der Waals surface area contributed by atoms with Crippen molar-refractivity contribution in [3.8, 4) is 0 Å². The molecule has 15 atom stereocenters. The minimum absolute atomic E-state index is 0.0515. The molecule has 4 fully saturated rings. The van der Waals surface area contributed by atoms with E-state index in [1.165, 1.54) is 39.8 Å². The number of aliphatic hydroxyl groups is 6. The van der Waals surface area contributed by atoms with Crippen LogP contribution in [0.3, 0.4) is 0 Å². The molecule has 0 spiro atoms. The molecule has 2 aromatic rings. The second-order valence-corrected chi connectivity index (χ2v) is 17.3. The van der Waals surface area contributed by atoms with E-state index in [0.29, 0.717) is 5.56 Å². The molecule has 8 N–H and O–H groups in total. The molecule has 2 bridgehead atoms. The first-order chi connectivity index (χ1) is 28.2. The predicted molar refractivity (Wildman–Crippen MR) is 205 cm³/mol. The van der Waals surface area contributed by atoms with Crippen LogP contribution in [0.15, 0.2) is 71.8 Å². The maximum absolute atomic E-state index is 15.5. The number of nitrogens with two attached hydrogens (primary N) is 1. The molecule has 2 aromatic carbocycles. The third-order valence-electron chi connectivity index (χ3n) is 13.7. The van der Waals surface area contributed by atoms with E-state index in [0.717, 1.165) is 6.92 Å². The molecule has 2 heterocycles. The molecule has 326 valence electrons. The molecule has 2 saturated heterocycles. The number of carbonyl (C=O) groups excluding carboxylic acids is 4. The summed E-state index contributed by atoms with van der Waals surface area (Å²) in [6.45, 7) is 6.32. The van der Waals surface area contributed by atoms with Crippen molar-refractivity contribution in [2.24, 2.45) is 22.5 Å². The normalized spacial score (nSPS) is 39.4. The number of hydrogen-bond acceptors (Lipinski definition) is 17. The Balaban J connectivity index is 1.41. The van der Waals surface area contributed by atoms with Crippen molar-refractivity contribution < 1.29 is 78.2 Å². The zero-order valence-electron chi connectivity index (χ0n) is 33.9. The van der Waals surface area contributed by atoms with Crippen LogP contribution in [0.25, 0.3) is 0 Å². The lowest BCUT2D eigenvalue weighted by molar-refractivity contribution is -0.366. The van der Waals surface area contributed by atoms with E-state index in [1.54, 1.807) is 48.5 Å². The molecule has 0 radical (unpaired) electrons. The van der Waals surface area contributed by atoms with Gasteiger partial charge >= 0.3 is 17.9 Å². The fourth-order valence-electron chi connectivity index (χ4n) is 10.2. The molecule has 0 aromatic heterocycles. The number of rotatable bonds is 9. The highest BCUT2D eigenvalue weighted by atomic mass is 16.7. The van der Waals surface area contributed by atoms with E-state index < -0.39 is 132 Å². The molecule has 0 unspecified atom stereocenters. The Morgan fingerprint density at radius 2 is 1.55 bits per heavy atom. The van der Waals surface area contributed by atoms with Crippen molar-refractivity contribution in [1.82, 2.24) is 0 Å². The van der Waals surface area contributed by atoms with Gasteiger partial charge in [0.15, 0.2) is 23.8 Å². The molecular formula is C43H53NO16. The summed E-state index contributed by atoms with van der Waals surface area (Å²) < 4.78 is 36.4. The summed E-state index contributed by atoms with van der Waals surface area (Å²) in [5.41, 5.74) is -1.16. The second-order valence-electron chi connectivity index (χ2n) is 17.3. The summed E-state index contributed by atoms with van der Waals surface area (Å²) in [4.78, 5) is 56.6. The first-order valence-corrected chi connectivity index (χ1v) is 19.9. The van der Waals surface area contributed by atoms with Crippen molar-refractivity contribution in [2.45, 2.75) is 126 Å². The van der Waals surface area contributed by atoms with Gasteiger partial charge in [0, 0.05) is 25.2 Å². The van der Waals surface area contributed by atoms with Gasteiger partial charge in [-0.05, 0) is 42.7 Å². The van der Waals surface area contributed by atoms with Gasteiger partial charge in [-0.15, -0.1) is 0 Å². The molecule has 2 saturated carbocycles. The minimum Gasteiger partial charge on any atom is -0.456 e. The summed E-state index contributed by atoms with van der Waals surface area (Å²) >= 11 is 0. The molecule has 3 aliphatic carbocycles. The summed E-state index contributed by atoms with van der Waals surface area (Å²) in [6, 6.07) is 14.9. The SMILES string of the molecule is CC(=O)O[C@@]12CO[C@@H]1C[C@H](O[C@H]1OC[C@@H](O)[C@H](O)[C@@H]1O)[C@@]1(C)C(=O)[C@H](O)C3=C(C)[C@@H](OC(=O)[C@H](O)[C@@H](N)c4ccccc4)C[C@@](O)([C@@H](OC(=O)c4ccccc4)[C@H]21)C3(C)C. The average Bonchev–Trinajstić information content (AvgIpc) is 3.21. The van der Waals surface area contributed by atoms with Gasteiger partial charge in [0.05, 0.1) is 42.3 Å². The summed E-state index contributed by atoms with van der Waals surface area (Å²) in [6.07, 6.45) is -17.1. The van der Waals surface area contributed by atoms with Crippen molar-refractivity contribution >= 4 is 23.7 Å². The molecule has 17 heteroatoms. The van der Waals surface area contributed by atoms with Crippen LogP contribution < -0.4 is 5.73 Å². The van der Waals surface area contributed by atoms with Gasteiger partial charge < -0.3 is 64.8 Å². The monoisotopic (exact) mass is 839 g/mol. The Kier molecular flexibility index (Phi) is 11.7. The highest BCUT2D eigenvalue weighted by Crippen LogP contribution is 2.64. The zero-order chi connectivity index (χ0) is 43.7. The third kappa shape index (κ3) is 6.88. The van der Waals surface area contributed by atoms with E-state index in [-0.39, 0.29) is 29.7 Å². The van der Waals surface area contributed by atoms with E-state index in [9.17, 15) is 45.0 Å². The Labute approximate surface area is 346 Å². The number of carbonyl (C=O) groups is 4. The van der Waals surface area contributed by atoms with E-state index in [2.05, 4.69) is 0 Å². The van der Waals surface area contributed by atoms with Gasteiger partial charge in [0.1, 0.15) is 48.3 Å². The van der Waals surface area contributed by atoms with Crippen LogP contribution in [0.2, 0.25) is 0 Å². The van der Waals surface area contributed by atoms with Gasteiger partial charge in [0.2, 0.25) is 0 Å². The number of hydrogen-bond donors (Lipinski definition) is 7. The molecule has 60 heavy (non-hydrogen) atoms. The van der Waals surface area contributed by atoms with Crippen molar-refractivity contribution in [3.05, 3.63) is 82.9 Å². The minimum atomic E-state index is -2.40. The molecule has 2 aliphatic heterocycles. The zero-order valence-corrected chi connectivity index (χ0v) is 33.9. The number of Topliss-reactive ketones (excluding diaryl/α,β-unsaturated/α-hetero) is 1. The van der Waals surface area contributed by atoms with Crippen LogP contribution >= 0.6 is 0 Å². The van der Waals surface area contributed by atoms with E-state index >= 15 is 4.79 Å².